The Balaban J connectivity index is 1.39. The molecule has 1 aromatic carbocycles. The van der Waals surface area contributed by atoms with E-state index in [2.05, 4.69) is 0 Å². The van der Waals surface area contributed by atoms with Gasteiger partial charge in [0.25, 0.3) is 5.91 Å². The number of aryl methyl sites for hydroxylation is 1. The number of ether oxygens (including phenoxy) is 1. The van der Waals surface area contributed by atoms with Gasteiger partial charge in [0, 0.05) is 49.8 Å². The van der Waals surface area contributed by atoms with Crippen molar-refractivity contribution in [1.29, 1.82) is 0 Å². The number of amides is 2. The number of halogens is 1. The maximum absolute atomic E-state index is 13.0. The van der Waals surface area contributed by atoms with Gasteiger partial charge in [-0.25, -0.2) is 0 Å². The zero-order chi connectivity index (χ0) is 19.7. The first-order valence-electron chi connectivity index (χ1n) is 10.4. The first-order chi connectivity index (χ1) is 13.5. The molecule has 6 heteroatoms. The minimum Gasteiger partial charge on any atom is -0.376 e. The molecule has 1 aromatic rings. The van der Waals surface area contributed by atoms with Crippen LogP contribution in [0, 0.1) is 12.3 Å². The summed E-state index contributed by atoms with van der Waals surface area (Å²) in [6.07, 6.45) is 5.81. The second-order valence-corrected chi connectivity index (χ2v) is 9.10. The minimum atomic E-state index is 0.0675. The van der Waals surface area contributed by atoms with E-state index in [-0.39, 0.29) is 23.3 Å². The molecule has 0 bridgehead atoms. The smallest absolute Gasteiger partial charge is 0.254 e. The topological polar surface area (TPSA) is 49.9 Å². The summed E-state index contributed by atoms with van der Waals surface area (Å²) in [7, 11) is 0. The average molecular weight is 405 g/mol. The molecular weight excluding hydrogens is 376 g/mol. The van der Waals surface area contributed by atoms with Crippen molar-refractivity contribution in [3.63, 3.8) is 0 Å². The highest BCUT2D eigenvalue weighted by Crippen LogP contribution is 2.41. The van der Waals surface area contributed by atoms with Crippen LogP contribution in [-0.2, 0) is 9.53 Å². The van der Waals surface area contributed by atoms with Crippen LogP contribution >= 0.6 is 11.6 Å². The lowest BCUT2D eigenvalue weighted by molar-refractivity contribution is -0.141. The predicted molar refractivity (Wildman–Crippen MR) is 109 cm³/mol. The largest absolute Gasteiger partial charge is 0.376 e. The molecular formula is C22H29ClN2O3. The number of carbonyl (C=O) groups excluding carboxylic acids is 2. The summed E-state index contributed by atoms with van der Waals surface area (Å²) in [6.45, 7) is 5.79. The van der Waals surface area contributed by atoms with Gasteiger partial charge in [0.1, 0.15) is 0 Å². The number of likely N-dealkylation sites (tertiary alicyclic amines) is 2. The summed E-state index contributed by atoms with van der Waals surface area (Å²) in [5.74, 6) is 0.326. The highest BCUT2D eigenvalue weighted by molar-refractivity contribution is 6.31. The lowest BCUT2D eigenvalue weighted by atomic mass is 9.72. The molecule has 1 spiro atoms. The predicted octanol–water partition coefficient (Wildman–Crippen LogP) is 3.67. The highest BCUT2D eigenvalue weighted by Gasteiger charge is 2.42. The molecule has 28 heavy (non-hydrogen) atoms. The van der Waals surface area contributed by atoms with Crippen molar-refractivity contribution in [1.82, 2.24) is 9.80 Å². The maximum atomic E-state index is 13.0. The number of rotatable bonds is 3. The van der Waals surface area contributed by atoms with Crippen molar-refractivity contribution in [2.24, 2.45) is 5.41 Å². The molecule has 5 nitrogen and oxygen atoms in total. The quantitative estimate of drug-likeness (QED) is 0.772. The van der Waals surface area contributed by atoms with Crippen molar-refractivity contribution in [2.75, 3.05) is 32.8 Å². The van der Waals surface area contributed by atoms with Gasteiger partial charge in [0.15, 0.2) is 0 Å². The van der Waals surface area contributed by atoms with E-state index in [1.54, 1.807) is 6.07 Å². The molecule has 2 amide bonds. The molecule has 3 aliphatic rings. The third-order valence-electron chi connectivity index (χ3n) is 6.74. The number of piperidine rings is 2. The van der Waals surface area contributed by atoms with E-state index in [4.69, 9.17) is 16.3 Å². The maximum Gasteiger partial charge on any atom is 0.254 e. The SMILES string of the molecule is Cc1ccc(Cl)cc1C(=O)N1CCC2(CCC(=O)N(C[C@@H]3CCCO3)C2)CC1. The Labute approximate surface area is 172 Å². The first kappa shape index (κ1) is 19.7. The van der Waals surface area contributed by atoms with Gasteiger partial charge in [-0.15, -0.1) is 0 Å². The third kappa shape index (κ3) is 4.06. The Morgan fingerprint density at radius 3 is 2.79 bits per heavy atom. The van der Waals surface area contributed by atoms with Gasteiger partial charge in [-0.05, 0) is 62.1 Å². The zero-order valence-electron chi connectivity index (χ0n) is 16.6. The molecule has 0 aliphatic carbocycles. The van der Waals surface area contributed by atoms with Gasteiger partial charge < -0.3 is 14.5 Å². The second-order valence-electron chi connectivity index (χ2n) is 8.66. The highest BCUT2D eigenvalue weighted by atomic mass is 35.5. The Bertz CT molecular complexity index is 752. The van der Waals surface area contributed by atoms with E-state index < -0.39 is 0 Å². The van der Waals surface area contributed by atoms with E-state index in [1.165, 1.54) is 0 Å². The number of carbonyl (C=O) groups is 2. The van der Waals surface area contributed by atoms with Gasteiger partial charge >= 0.3 is 0 Å². The summed E-state index contributed by atoms with van der Waals surface area (Å²) < 4.78 is 5.74. The average Bonchev–Trinajstić information content (AvgIpc) is 3.20. The molecule has 4 rings (SSSR count). The van der Waals surface area contributed by atoms with Gasteiger partial charge in [-0.2, -0.15) is 0 Å². The zero-order valence-corrected chi connectivity index (χ0v) is 17.3. The Kier molecular flexibility index (Phi) is 5.66. The number of benzene rings is 1. The van der Waals surface area contributed by atoms with Crippen molar-refractivity contribution >= 4 is 23.4 Å². The van der Waals surface area contributed by atoms with Gasteiger partial charge in [0.05, 0.1) is 6.10 Å². The molecule has 1 atom stereocenters. The monoisotopic (exact) mass is 404 g/mol. The van der Waals surface area contributed by atoms with E-state index >= 15 is 0 Å². The van der Waals surface area contributed by atoms with Crippen LogP contribution in [-0.4, -0.2) is 60.5 Å². The van der Waals surface area contributed by atoms with E-state index in [9.17, 15) is 9.59 Å². The van der Waals surface area contributed by atoms with E-state index in [0.29, 0.717) is 17.0 Å². The van der Waals surface area contributed by atoms with Crippen LogP contribution in [0.25, 0.3) is 0 Å². The molecule has 3 fully saturated rings. The Hall–Kier alpha value is -1.59. The molecule has 0 aromatic heterocycles. The molecule has 0 saturated carbocycles. The van der Waals surface area contributed by atoms with Crippen LogP contribution in [0.2, 0.25) is 5.02 Å². The molecule has 3 aliphatic heterocycles. The fourth-order valence-electron chi connectivity index (χ4n) is 4.89. The van der Waals surface area contributed by atoms with Crippen LogP contribution < -0.4 is 0 Å². The Morgan fingerprint density at radius 2 is 2.07 bits per heavy atom. The fourth-order valence-corrected chi connectivity index (χ4v) is 5.06. The lowest BCUT2D eigenvalue weighted by Gasteiger charge is -2.47. The van der Waals surface area contributed by atoms with Crippen molar-refractivity contribution in [3.8, 4) is 0 Å². The summed E-state index contributed by atoms with van der Waals surface area (Å²) in [6, 6.07) is 5.49. The summed E-state index contributed by atoms with van der Waals surface area (Å²) in [5, 5.41) is 0.595. The minimum absolute atomic E-state index is 0.0675. The van der Waals surface area contributed by atoms with Crippen LogP contribution in [0.5, 0.6) is 0 Å². The molecule has 0 radical (unpaired) electrons. The van der Waals surface area contributed by atoms with Crippen LogP contribution in [0.1, 0.15) is 54.4 Å². The van der Waals surface area contributed by atoms with E-state index in [1.807, 2.05) is 28.9 Å². The third-order valence-corrected chi connectivity index (χ3v) is 6.97. The number of hydrogen-bond donors (Lipinski definition) is 0. The fraction of sp³-hybridized carbons (Fsp3) is 0.636. The number of nitrogens with zero attached hydrogens (tertiary/aromatic N) is 2. The van der Waals surface area contributed by atoms with Crippen LogP contribution in [0.15, 0.2) is 18.2 Å². The summed E-state index contributed by atoms with van der Waals surface area (Å²) >= 11 is 6.10. The normalized spacial score (nSPS) is 24.8. The second kappa shape index (κ2) is 8.03. The first-order valence-corrected chi connectivity index (χ1v) is 10.8. The number of hydrogen-bond acceptors (Lipinski definition) is 3. The molecule has 3 saturated heterocycles. The molecule has 0 N–H and O–H groups in total. The van der Waals surface area contributed by atoms with Crippen molar-refractivity contribution in [3.05, 3.63) is 34.3 Å². The molecule has 0 unspecified atom stereocenters. The van der Waals surface area contributed by atoms with Gasteiger partial charge in [-0.3, -0.25) is 9.59 Å². The lowest BCUT2D eigenvalue weighted by Crippen LogP contribution is -2.53. The molecule has 3 heterocycles. The standard InChI is InChI=1S/C22H29ClN2O3/c1-16-4-5-17(23)13-19(16)21(27)24-10-8-22(9-11-24)7-6-20(26)25(15-22)14-18-3-2-12-28-18/h4-5,13,18H,2-3,6-12,14-15H2,1H3/t18-/m0/s1. The van der Waals surface area contributed by atoms with Gasteiger partial charge in [-0.1, -0.05) is 17.7 Å². The van der Waals surface area contributed by atoms with Crippen LogP contribution in [0.4, 0.5) is 0 Å². The molecule has 152 valence electrons. The van der Waals surface area contributed by atoms with Crippen molar-refractivity contribution in [2.45, 2.75) is 51.6 Å². The summed E-state index contributed by atoms with van der Waals surface area (Å²) in [4.78, 5) is 29.4. The summed E-state index contributed by atoms with van der Waals surface area (Å²) in [5.41, 5.74) is 1.80. The van der Waals surface area contributed by atoms with Crippen molar-refractivity contribution < 1.29 is 14.3 Å². The Morgan fingerprint density at radius 1 is 1.29 bits per heavy atom. The van der Waals surface area contributed by atoms with E-state index in [0.717, 1.165) is 70.5 Å². The van der Waals surface area contributed by atoms with Gasteiger partial charge in [0.2, 0.25) is 5.91 Å². The van der Waals surface area contributed by atoms with Crippen LogP contribution in [0.3, 0.4) is 0 Å².